The van der Waals surface area contributed by atoms with Gasteiger partial charge in [-0.3, -0.25) is 9.80 Å². The van der Waals surface area contributed by atoms with Crippen LogP contribution in [0, 0.1) is 29.1 Å². The van der Waals surface area contributed by atoms with Crippen LogP contribution >= 0.6 is 0 Å². The average molecular weight is 771 g/mol. The van der Waals surface area contributed by atoms with Crippen LogP contribution < -0.4 is 0 Å². The van der Waals surface area contributed by atoms with E-state index in [9.17, 15) is 0 Å². The summed E-state index contributed by atoms with van der Waals surface area (Å²) in [5.74, 6) is 4.24. The van der Waals surface area contributed by atoms with Gasteiger partial charge in [-0.25, -0.2) is 0 Å². The molecule has 0 saturated heterocycles. The number of benzene rings is 1. The van der Waals surface area contributed by atoms with Crippen LogP contribution in [0.25, 0.3) is 0 Å². The smallest absolute Gasteiger partial charge is 0.0284 e. The summed E-state index contributed by atoms with van der Waals surface area (Å²) in [5.41, 5.74) is 3.66. The molecule has 0 amide bonds. The standard InChI is InChI=1S/C55H82N2/c1-55(40-38-54(39-41-55)57(50-20-12-5-13-21-50)53-34-26-46(27-35-53)43-16-8-3-9-17-43)48-30-22-44(23-31-48)47-28-36-52(37-29-47)56(49-18-10-4-11-19-49)51-32-24-45(25-33-51)42-14-6-2-7-15-42/h3,5,8-9,12,16-17,22-23,26,30,34,42,45-54H,2,4,6-7,10-11,13-15,18-21,24-25,27-29,31-33,35-41H2,1H3. The van der Waals surface area contributed by atoms with Gasteiger partial charge in [-0.2, -0.15) is 0 Å². The third-order valence-corrected chi connectivity index (χ3v) is 18.2. The predicted octanol–water partition coefficient (Wildman–Crippen LogP) is 14.7. The molecule has 5 saturated carbocycles. The van der Waals surface area contributed by atoms with Gasteiger partial charge >= 0.3 is 0 Å². The van der Waals surface area contributed by atoms with Crippen LogP contribution in [0.5, 0.6) is 0 Å². The average Bonchev–Trinajstić information content (AvgIpc) is 3.29. The topological polar surface area (TPSA) is 6.48 Å². The minimum absolute atomic E-state index is 0.447. The van der Waals surface area contributed by atoms with Crippen molar-refractivity contribution in [2.24, 2.45) is 29.1 Å². The van der Waals surface area contributed by atoms with E-state index in [1.165, 1.54) is 173 Å². The lowest BCUT2D eigenvalue weighted by Gasteiger charge is -2.50. The van der Waals surface area contributed by atoms with Crippen molar-refractivity contribution in [1.82, 2.24) is 9.80 Å². The first-order valence-electron chi connectivity index (χ1n) is 25.4. The fourth-order valence-corrected chi connectivity index (χ4v) is 14.8. The van der Waals surface area contributed by atoms with E-state index in [0.29, 0.717) is 17.4 Å². The SMILES string of the molecule is CC1(C2C=CC(C3CCC(N(C4CCCCC4)C4CCC(C5CCCCC5)CC4)CC3)=CC2)CCC(N(C2C=CC(c3ccccc3)CC2)C2CC=CCC2)CC1. The lowest BCUT2D eigenvalue weighted by atomic mass is 9.63. The summed E-state index contributed by atoms with van der Waals surface area (Å²) >= 11 is 0. The molecule has 2 heteroatoms. The van der Waals surface area contributed by atoms with Crippen molar-refractivity contribution in [3.8, 4) is 0 Å². The molecule has 0 radical (unpaired) electrons. The summed E-state index contributed by atoms with van der Waals surface area (Å²) in [5, 5.41) is 0. The van der Waals surface area contributed by atoms with Gasteiger partial charge in [0.15, 0.2) is 0 Å². The number of nitrogens with zero attached hydrogens (tertiary/aromatic N) is 2. The van der Waals surface area contributed by atoms with Gasteiger partial charge in [0.05, 0.1) is 0 Å². The van der Waals surface area contributed by atoms with E-state index >= 15 is 0 Å². The van der Waals surface area contributed by atoms with Gasteiger partial charge in [0, 0.05) is 42.2 Å². The lowest BCUT2D eigenvalue weighted by molar-refractivity contribution is 0.00540. The van der Waals surface area contributed by atoms with Crippen LogP contribution in [-0.4, -0.2) is 46.1 Å². The molecule has 8 aliphatic carbocycles. The fraction of sp³-hybridized carbons (Fsp3) is 0.745. The molecule has 0 bridgehead atoms. The zero-order chi connectivity index (χ0) is 38.4. The van der Waals surface area contributed by atoms with Gasteiger partial charge in [-0.1, -0.05) is 131 Å². The zero-order valence-electron chi connectivity index (χ0n) is 36.5. The third-order valence-electron chi connectivity index (χ3n) is 18.2. The quantitative estimate of drug-likeness (QED) is 0.219. The molecule has 4 atom stereocenters. The van der Waals surface area contributed by atoms with Crippen LogP contribution in [0.4, 0.5) is 0 Å². The highest BCUT2D eigenvalue weighted by atomic mass is 15.2. The Bertz CT molecular complexity index is 1500. The first kappa shape index (κ1) is 40.5. The molecule has 8 aliphatic rings. The molecule has 0 aliphatic heterocycles. The highest BCUT2D eigenvalue weighted by Crippen LogP contribution is 2.50. The minimum atomic E-state index is 0.447. The maximum absolute atomic E-state index is 3.23. The molecule has 57 heavy (non-hydrogen) atoms. The van der Waals surface area contributed by atoms with E-state index in [1.807, 2.05) is 0 Å². The number of hydrogen-bond acceptors (Lipinski definition) is 2. The van der Waals surface area contributed by atoms with Crippen LogP contribution in [0.3, 0.4) is 0 Å². The van der Waals surface area contributed by atoms with Crippen LogP contribution in [0.1, 0.15) is 198 Å². The molecule has 5 fully saturated rings. The summed E-state index contributed by atoms with van der Waals surface area (Å²) in [6.45, 7) is 2.67. The maximum Gasteiger partial charge on any atom is 0.0284 e. The highest BCUT2D eigenvalue weighted by Gasteiger charge is 2.43. The van der Waals surface area contributed by atoms with Gasteiger partial charge < -0.3 is 0 Å². The van der Waals surface area contributed by atoms with Crippen molar-refractivity contribution in [1.29, 1.82) is 0 Å². The molecular formula is C55H82N2. The Morgan fingerprint density at radius 1 is 0.509 bits per heavy atom. The number of allylic oxidation sites excluding steroid dienone is 6. The van der Waals surface area contributed by atoms with E-state index in [4.69, 9.17) is 0 Å². The molecule has 4 unspecified atom stereocenters. The van der Waals surface area contributed by atoms with Gasteiger partial charge in [0.1, 0.15) is 0 Å². The van der Waals surface area contributed by atoms with E-state index in [-0.39, 0.29) is 0 Å². The third kappa shape index (κ3) is 9.54. The maximum atomic E-state index is 3.23. The van der Waals surface area contributed by atoms with Crippen molar-refractivity contribution in [2.75, 3.05) is 0 Å². The lowest BCUT2D eigenvalue weighted by Crippen LogP contribution is -2.52. The second-order valence-corrected chi connectivity index (χ2v) is 21.4. The van der Waals surface area contributed by atoms with Crippen molar-refractivity contribution in [3.63, 3.8) is 0 Å². The Kier molecular flexibility index (Phi) is 13.7. The Labute approximate surface area is 350 Å². The summed E-state index contributed by atoms with van der Waals surface area (Å²) in [6.07, 6.45) is 58.4. The molecule has 0 heterocycles. The second kappa shape index (κ2) is 19.2. The molecule has 1 aromatic carbocycles. The Balaban J connectivity index is 0.780. The first-order valence-corrected chi connectivity index (χ1v) is 25.4. The zero-order valence-corrected chi connectivity index (χ0v) is 36.5. The highest BCUT2D eigenvalue weighted by molar-refractivity contribution is 5.29. The Morgan fingerprint density at radius 3 is 1.79 bits per heavy atom. The first-order chi connectivity index (χ1) is 28.1. The second-order valence-electron chi connectivity index (χ2n) is 21.4. The predicted molar refractivity (Wildman–Crippen MR) is 242 cm³/mol. The molecule has 2 nitrogen and oxygen atoms in total. The van der Waals surface area contributed by atoms with E-state index < -0.39 is 0 Å². The number of rotatable bonds is 10. The van der Waals surface area contributed by atoms with E-state index in [1.54, 1.807) is 18.4 Å². The molecular weight excluding hydrogens is 689 g/mol. The molecule has 0 spiro atoms. The van der Waals surface area contributed by atoms with Gasteiger partial charge in [-0.05, 0) is 169 Å². The Hall–Kier alpha value is -1.90. The van der Waals surface area contributed by atoms with Crippen molar-refractivity contribution >= 4 is 0 Å². The van der Waals surface area contributed by atoms with Crippen LogP contribution in [0.2, 0.25) is 0 Å². The van der Waals surface area contributed by atoms with Gasteiger partial charge in [0.2, 0.25) is 0 Å². The largest absolute Gasteiger partial charge is 0.294 e. The van der Waals surface area contributed by atoms with Crippen molar-refractivity contribution in [3.05, 3.63) is 84.0 Å². The summed E-state index contributed by atoms with van der Waals surface area (Å²) in [4.78, 5) is 6.28. The van der Waals surface area contributed by atoms with Gasteiger partial charge in [0.25, 0.3) is 0 Å². The normalized spacial score (nSPS) is 38.7. The monoisotopic (exact) mass is 771 g/mol. The number of hydrogen-bond donors (Lipinski definition) is 0. The van der Waals surface area contributed by atoms with Crippen molar-refractivity contribution < 1.29 is 0 Å². The Morgan fingerprint density at radius 2 is 1.16 bits per heavy atom. The molecule has 9 rings (SSSR count). The van der Waals surface area contributed by atoms with Crippen LogP contribution in [-0.2, 0) is 0 Å². The van der Waals surface area contributed by atoms with Crippen LogP contribution in [0.15, 0.2) is 78.4 Å². The summed E-state index contributed by atoms with van der Waals surface area (Å²) < 4.78 is 0. The van der Waals surface area contributed by atoms with Crippen molar-refractivity contribution in [2.45, 2.75) is 229 Å². The summed E-state index contributed by atoms with van der Waals surface area (Å²) in [7, 11) is 0. The fourth-order valence-electron chi connectivity index (χ4n) is 14.8. The van der Waals surface area contributed by atoms with E-state index in [2.05, 4.69) is 89.6 Å². The minimum Gasteiger partial charge on any atom is -0.294 e. The molecule has 0 N–H and O–H groups in total. The van der Waals surface area contributed by atoms with Gasteiger partial charge in [-0.15, -0.1) is 0 Å². The molecule has 1 aromatic rings. The molecule has 312 valence electrons. The van der Waals surface area contributed by atoms with E-state index in [0.717, 1.165) is 53.9 Å². The molecule has 0 aromatic heterocycles. The summed E-state index contributed by atoms with van der Waals surface area (Å²) in [6, 6.07) is 16.0.